The lowest BCUT2D eigenvalue weighted by Gasteiger charge is -2.06. The van der Waals surface area contributed by atoms with Crippen LogP contribution in [0.4, 0.5) is 5.82 Å². The molecule has 0 radical (unpaired) electrons. The van der Waals surface area contributed by atoms with Gasteiger partial charge in [-0.15, -0.1) is 11.3 Å². The zero-order chi connectivity index (χ0) is 14.8. The van der Waals surface area contributed by atoms with E-state index >= 15 is 0 Å². The first kappa shape index (κ1) is 14.3. The van der Waals surface area contributed by atoms with E-state index in [1.807, 2.05) is 24.1 Å². The van der Waals surface area contributed by atoms with Crippen LogP contribution in [0.2, 0.25) is 5.28 Å². The monoisotopic (exact) mass is 321 g/mol. The van der Waals surface area contributed by atoms with E-state index < -0.39 is 0 Å². The van der Waals surface area contributed by atoms with Gasteiger partial charge in [0, 0.05) is 24.7 Å². The zero-order valence-corrected chi connectivity index (χ0v) is 13.5. The minimum absolute atomic E-state index is 0.288. The summed E-state index contributed by atoms with van der Waals surface area (Å²) < 4.78 is 1.81. The van der Waals surface area contributed by atoms with Gasteiger partial charge in [0.05, 0.1) is 11.6 Å². The molecule has 0 saturated carbocycles. The molecule has 0 unspecified atom stereocenters. The van der Waals surface area contributed by atoms with Gasteiger partial charge >= 0.3 is 0 Å². The Kier molecular flexibility index (Phi) is 4.07. The van der Waals surface area contributed by atoms with Gasteiger partial charge in [0.1, 0.15) is 10.6 Å². The first-order valence-electron chi connectivity index (χ1n) is 6.83. The smallest absolute Gasteiger partial charge is 0.225 e. The van der Waals surface area contributed by atoms with Crippen molar-refractivity contribution in [2.75, 3.05) is 11.9 Å². The van der Waals surface area contributed by atoms with Crippen molar-refractivity contribution in [1.82, 2.24) is 19.7 Å². The molecule has 3 rings (SSSR count). The molecule has 110 valence electrons. The molecule has 3 heterocycles. The third kappa shape index (κ3) is 3.16. The van der Waals surface area contributed by atoms with Gasteiger partial charge in [-0.05, 0) is 36.1 Å². The maximum absolute atomic E-state index is 6.01. The average Bonchev–Trinajstić information content (AvgIpc) is 3.04. The lowest BCUT2D eigenvalue weighted by molar-refractivity contribution is 0.767. The molecule has 0 aliphatic heterocycles. The highest BCUT2D eigenvalue weighted by Crippen LogP contribution is 2.30. The third-order valence-corrected chi connectivity index (χ3v) is 4.57. The Bertz CT molecular complexity index is 764. The average molecular weight is 322 g/mol. The predicted octanol–water partition coefficient (Wildman–Crippen LogP) is 3.30. The van der Waals surface area contributed by atoms with E-state index in [4.69, 9.17) is 11.6 Å². The molecule has 0 amide bonds. The standard InChI is InChI=1S/C14H16ClN5S/c1-3-10-6-11-12(18-14(15)19-13(11)21-10)16-5-4-9-7-17-20(2)8-9/h6-8H,3-5H2,1-2H3,(H,16,18,19). The molecule has 21 heavy (non-hydrogen) atoms. The number of fused-ring (bicyclic) bond motifs is 1. The van der Waals surface area contributed by atoms with Crippen molar-refractivity contribution in [2.24, 2.45) is 7.05 Å². The van der Waals surface area contributed by atoms with Crippen molar-refractivity contribution in [1.29, 1.82) is 0 Å². The van der Waals surface area contributed by atoms with Crippen LogP contribution in [0.15, 0.2) is 18.5 Å². The number of halogens is 1. The van der Waals surface area contributed by atoms with E-state index in [0.717, 1.165) is 35.4 Å². The normalized spacial score (nSPS) is 11.2. The fourth-order valence-corrected chi connectivity index (χ4v) is 3.37. The van der Waals surface area contributed by atoms with E-state index in [1.54, 1.807) is 11.3 Å². The highest BCUT2D eigenvalue weighted by molar-refractivity contribution is 7.18. The van der Waals surface area contributed by atoms with Crippen molar-refractivity contribution in [3.63, 3.8) is 0 Å². The topological polar surface area (TPSA) is 55.6 Å². The molecule has 3 aromatic rings. The summed E-state index contributed by atoms with van der Waals surface area (Å²) in [6.07, 6.45) is 5.78. The fourth-order valence-electron chi connectivity index (χ4n) is 2.18. The van der Waals surface area contributed by atoms with Crippen LogP contribution in [0.25, 0.3) is 10.2 Å². The Morgan fingerprint density at radius 1 is 1.38 bits per heavy atom. The molecule has 7 heteroatoms. The lowest BCUT2D eigenvalue weighted by Crippen LogP contribution is -2.06. The van der Waals surface area contributed by atoms with Gasteiger partial charge in [-0.25, -0.2) is 9.97 Å². The van der Waals surface area contributed by atoms with Crippen molar-refractivity contribution >= 4 is 39.0 Å². The summed E-state index contributed by atoms with van der Waals surface area (Å²) in [7, 11) is 1.92. The predicted molar refractivity (Wildman–Crippen MR) is 87.2 cm³/mol. The van der Waals surface area contributed by atoms with Gasteiger partial charge in [-0.1, -0.05) is 6.92 Å². The summed E-state index contributed by atoms with van der Waals surface area (Å²) in [5.74, 6) is 0.810. The molecule has 0 saturated heterocycles. The van der Waals surface area contributed by atoms with Gasteiger partial charge in [0.15, 0.2) is 0 Å². The highest BCUT2D eigenvalue weighted by Gasteiger charge is 2.10. The number of hydrogen-bond acceptors (Lipinski definition) is 5. The second kappa shape index (κ2) is 5.99. The van der Waals surface area contributed by atoms with Crippen LogP contribution in [0.3, 0.4) is 0 Å². The molecule has 0 fully saturated rings. The molecule has 0 atom stereocenters. The van der Waals surface area contributed by atoms with Crippen molar-refractivity contribution in [2.45, 2.75) is 19.8 Å². The molecule has 0 aliphatic carbocycles. The molecule has 0 spiro atoms. The van der Waals surface area contributed by atoms with Gasteiger partial charge in [0.2, 0.25) is 5.28 Å². The van der Waals surface area contributed by atoms with Crippen LogP contribution in [0.5, 0.6) is 0 Å². The molecule has 0 bridgehead atoms. The molecule has 0 aliphatic rings. The fraction of sp³-hybridized carbons (Fsp3) is 0.357. The Labute approximate surface area is 132 Å². The van der Waals surface area contributed by atoms with E-state index in [1.165, 1.54) is 10.4 Å². The summed E-state index contributed by atoms with van der Waals surface area (Å²) in [5, 5.41) is 8.86. The Morgan fingerprint density at radius 3 is 2.95 bits per heavy atom. The second-order valence-electron chi connectivity index (χ2n) is 4.83. The minimum atomic E-state index is 0.288. The van der Waals surface area contributed by atoms with Gasteiger partial charge < -0.3 is 5.32 Å². The van der Waals surface area contributed by atoms with Crippen LogP contribution < -0.4 is 5.32 Å². The van der Waals surface area contributed by atoms with Crippen molar-refractivity contribution in [3.8, 4) is 0 Å². The molecular weight excluding hydrogens is 306 g/mol. The number of hydrogen-bond donors (Lipinski definition) is 1. The molecular formula is C14H16ClN5S. The summed E-state index contributed by atoms with van der Waals surface area (Å²) >= 11 is 7.68. The highest BCUT2D eigenvalue weighted by atomic mass is 35.5. The summed E-state index contributed by atoms with van der Waals surface area (Å²) in [6.45, 7) is 2.92. The van der Waals surface area contributed by atoms with Gasteiger partial charge in [-0.2, -0.15) is 5.10 Å². The first-order chi connectivity index (χ1) is 10.2. The molecule has 0 aromatic carbocycles. The van der Waals surface area contributed by atoms with Crippen LogP contribution in [0.1, 0.15) is 17.4 Å². The van der Waals surface area contributed by atoms with Crippen molar-refractivity contribution in [3.05, 3.63) is 34.2 Å². The van der Waals surface area contributed by atoms with Crippen LogP contribution in [-0.4, -0.2) is 26.3 Å². The van der Waals surface area contributed by atoms with E-state index in [-0.39, 0.29) is 5.28 Å². The summed E-state index contributed by atoms with van der Waals surface area (Å²) in [5.41, 5.74) is 1.20. The summed E-state index contributed by atoms with van der Waals surface area (Å²) in [4.78, 5) is 10.8. The maximum Gasteiger partial charge on any atom is 0.225 e. The van der Waals surface area contributed by atoms with Crippen LogP contribution in [-0.2, 0) is 19.9 Å². The molecule has 3 aromatic heterocycles. The minimum Gasteiger partial charge on any atom is -0.369 e. The number of nitrogens with one attached hydrogen (secondary N) is 1. The number of thiophene rings is 1. The first-order valence-corrected chi connectivity index (χ1v) is 8.02. The number of aromatic nitrogens is 4. The van der Waals surface area contributed by atoms with Crippen LogP contribution >= 0.6 is 22.9 Å². The second-order valence-corrected chi connectivity index (χ2v) is 6.28. The van der Waals surface area contributed by atoms with Gasteiger partial charge in [0.25, 0.3) is 0 Å². The van der Waals surface area contributed by atoms with E-state index in [2.05, 4.69) is 33.4 Å². The molecule has 5 nitrogen and oxygen atoms in total. The quantitative estimate of drug-likeness (QED) is 0.733. The Hall–Kier alpha value is -1.66. The van der Waals surface area contributed by atoms with Crippen LogP contribution in [0, 0.1) is 0 Å². The molecule has 1 N–H and O–H groups in total. The maximum atomic E-state index is 6.01. The van der Waals surface area contributed by atoms with Gasteiger partial charge in [-0.3, -0.25) is 4.68 Å². The third-order valence-electron chi connectivity index (χ3n) is 3.23. The van der Waals surface area contributed by atoms with E-state index in [9.17, 15) is 0 Å². The number of anilines is 1. The van der Waals surface area contributed by atoms with E-state index in [0.29, 0.717) is 0 Å². The number of nitrogens with zero attached hydrogens (tertiary/aromatic N) is 4. The Morgan fingerprint density at radius 2 is 2.24 bits per heavy atom. The SMILES string of the molecule is CCc1cc2c(NCCc3cnn(C)c3)nc(Cl)nc2s1. The number of aryl methyl sites for hydroxylation is 2. The summed E-state index contributed by atoms with van der Waals surface area (Å²) in [6, 6.07) is 2.14. The Balaban J connectivity index is 1.77. The zero-order valence-electron chi connectivity index (χ0n) is 11.9. The van der Waals surface area contributed by atoms with Crippen molar-refractivity contribution < 1.29 is 0 Å². The largest absolute Gasteiger partial charge is 0.369 e. The lowest BCUT2D eigenvalue weighted by atomic mass is 10.2. The number of rotatable bonds is 5.